The summed E-state index contributed by atoms with van der Waals surface area (Å²) in [6.45, 7) is 1.63. The number of rotatable bonds is 4. The lowest BCUT2D eigenvalue weighted by atomic mass is 10.1. The quantitative estimate of drug-likeness (QED) is 0.682. The van der Waals surface area contributed by atoms with E-state index < -0.39 is 23.7 Å². The van der Waals surface area contributed by atoms with E-state index >= 15 is 0 Å². The number of halogens is 4. The summed E-state index contributed by atoms with van der Waals surface area (Å²) in [6.07, 6.45) is -4.45. The van der Waals surface area contributed by atoms with Gasteiger partial charge in [-0.3, -0.25) is 4.79 Å². The normalized spacial score (nSPS) is 12.6. The predicted molar refractivity (Wildman–Crippen MR) is 92.1 cm³/mol. The third-order valence-corrected chi connectivity index (χ3v) is 3.99. The van der Waals surface area contributed by atoms with Crippen LogP contribution in [0.5, 0.6) is 0 Å². The fraction of sp³-hybridized carbons (Fsp3) is 0.167. The van der Waals surface area contributed by atoms with Crippen molar-refractivity contribution in [3.05, 3.63) is 70.6 Å². The van der Waals surface area contributed by atoms with E-state index in [-0.39, 0.29) is 11.5 Å². The smallest absolute Gasteiger partial charge is 0.341 e. The van der Waals surface area contributed by atoms with Crippen molar-refractivity contribution in [1.29, 1.82) is 0 Å². The van der Waals surface area contributed by atoms with Crippen LogP contribution in [0, 0.1) is 0 Å². The van der Waals surface area contributed by atoms with Gasteiger partial charge in [-0.05, 0) is 55.5 Å². The van der Waals surface area contributed by atoms with Crippen LogP contribution in [-0.4, -0.2) is 16.0 Å². The largest absolute Gasteiger partial charge is 0.416 e. The number of amides is 1. The van der Waals surface area contributed by atoms with Crippen LogP contribution < -0.4 is 5.32 Å². The van der Waals surface area contributed by atoms with Crippen LogP contribution in [0.1, 0.15) is 34.8 Å². The molecule has 0 fully saturated rings. The number of nitrogens with one attached hydrogen (secondary N) is 1. The molecule has 27 heavy (non-hydrogen) atoms. The number of hydrogen-bond donors (Lipinski definition) is 1. The van der Waals surface area contributed by atoms with E-state index in [4.69, 9.17) is 16.1 Å². The van der Waals surface area contributed by atoms with Crippen LogP contribution in [0.4, 0.5) is 13.2 Å². The topological polar surface area (TPSA) is 68.0 Å². The zero-order valence-corrected chi connectivity index (χ0v) is 14.7. The predicted octanol–water partition coefficient (Wildman–Crippen LogP) is 4.90. The molecule has 0 saturated carbocycles. The molecule has 1 aromatic heterocycles. The van der Waals surface area contributed by atoms with Gasteiger partial charge < -0.3 is 9.84 Å². The maximum Gasteiger partial charge on any atom is 0.416 e. The highest BCUT2D eigenvalue weighted by Gasteiger charge is 2.30. The Bertz CT molecular complexity index is 938. The standard InChI is InChI=1S/C18H13ClF3N3O2/c1-10(17-24-15(25-27-17)11-4-8-14(19)9-5-11)23-16(26)12-2-6-13(7-3-12)18(20,21)22/h2-10H,1H3,(H,23,26)/t10-/m1/s1. The molecule has 0 aliphatic heterocycles. The number of aromatic nitrogens is 2. The lowest BCUT2D eigenvalue weighted by molar-refractivity contribution is -0.137. The van der Waals surface area contributed by atoms with Crippen LogP contribution >= 0.6 is 11.6 Å². The molecule has 3 aromatic rings. The third kappa shape index (κ3) is 4.46. The Labute approximate surface area is 157 Å². The van der Waals surface area contributed by atoms with Crippen molar-refractivity contribution < 1.29 is 22.5 Å². The van der Waals surface area contributed by atoms with Gasteiger partial charge in [0.25, 0.3) is 5.91 Å². The summed E-state index contributed by atoms with van der Waals surface area (Å²) in [5.41, 5.74) is -0.0421. The monoisotopic (exact) mass is 395 g/mol. The van der Waals surface area contributed by atoms with E-state index in [0.29, 0.717) is 16.4 Å². The molecule has 1 heterocycles. The number of benzene rings is 2. The van der Waals surface area contributed by atoms with Gasteiger partial charge in [0.05, 0.1) is 5.56 Å². The highest BCUT2D eigenvalue weighted by atomic mass is 35.5. The van der Waals surface area contributed by atoms with Gasteiger partial charge in [0, 0.05) is 16.1 Å². The molecule has 0 bridgehead atoms. The molecule has 9 heteroatoms. The number of carbonyl (C=O) groups excluding carboxylic acids is 1. The van der Waals surface area contributed by atoms with E-state index in [1.807, 2.05) is 0 Å². The van der Waals surface area contributed by atoms with E-state index in [1.54, 1.807) is 31.2 Å². The number of carbonyl (C=O) groups is 1. The van der Waals surface area contributed by atoms with Crippen molar-refractivity contribution in [2.45, 2.75) is 19.1 Å². The van der Waals surface area contributed by atoms with Crippen molar-refractivity contribution in [2.24, 2.45) is 0 Å². The number of hydrogen-bond acceptors (Lipinski definition) is 4. The van der Waals surface area contributed by atoms with Crippen molar-refractivity contribution >= 4 is 17.5 Å². The summed E-state index contributed by atoms with van der Waals surface area (Å²) < 4.78 is 42.9. The molecule has 0 spiro atoms. The minimum absolute atomic E-state index is 0.0901. The maximum absolute atomic E-state index is 12.6. The summed E-state index contributed by atoms with van der Waals surface area (Å²) in [4.78, 5) is 16.4. The Morgan fingerprint density at radius 1 is 1.11 bits per heavy atom. The van der Waals surface area contributed by atoms with E-state index in [1.165, 1.54) is 0 Å². The third-order valence-electron chi connectivity index (χ3n) is 3.74. The average Bonchev–Trinajstić information content (AvgIpc) is 3.12. The number of nitrogens with zero attached hydrogens (tertiary/aromatic N) is 2. The van der Waals surface area contributed by atoms with Crippen LogP contribution in [0.2, 0.25) is 5.02 Å². The average molecular weight is 396 g/mol. The van der Waals surface area contributed by atoms with E-state index in [0.717, 1.165) is 24.3 Å². The second-order valence-electron chi connectivity index (χ2n) is 5.73. The SMILES string of the molecule is C[C@@H](NC(=O)c1ccc(C(F)(F)F)cc1)c1nc(-c2ccc(Cl)cc2)no1. The van der Waals surface area contributed by atoms with Crippen molar-refractivity contribution in [3.63, 3.8) is 0 Å². The summed E-state index contributed by atoms with van der Waals surface area (Å²) >= 11 is 5.83. The molecule has 1 amide bonds. The first-order valence-electron chi connectivity index (χ1n) is 7.82. The summed E-state index contributed by atoms with van der Waals surface area (Å²) in [7, 11) is 0. The second-order valence-corrected chi connectivity index (χ2v) is 6.17. The zero-order chi connectivity index (χ0) is 19.6. The highest BCUT2D eigenvalue weighted by Crippen LogP contribution is 2.29. The first kappa shape index (κ1) is 18.9. The fourth-order valence-electron chi connectivity index (χ4n) is 2.28. The Morgan fingerprint density at radius 2 is 1.74 bits per heavy atom. The molecule has 3 rings (SSSR count). The van der Waals surface area contributed by atoms with Crippen LogP contribution in [0.15, 0.2) is 53.1 Å². The molecule has 0 aliphatic rings. The molecule has 5 nitrogen and oxygen atoms in total. The van der Waals surface area contributed by atoms with Gasteiger partial charge in [-0.15, -0.1) is 0 Å². The highest BCUT2D eigenvalue weighted by molar-refractivity contribution is 6.30. The first-order valence-corrected chi connectivity index (χ1v) is 8.19. The minimum Gasteiger partial charge on any atom is -0.341 e. The van der Waals surface area contributed by atoms with Gasteiger partial charge in [0.15, 0.2) is 0 Å². The van der Waals surface area contributed by atoms with Crippen LogP contribution in [0.25, 0.3) is 11.4 Å². The van der Waals surface area contributed by atoms with Gasteiger partial charge >= 0.3 is 6.18 Å². The fourth-order valence-corrected chi connectivity index (χ4v) is 2.41. The summed E-state index contributed by atoms with van der Waals surface area (Å²) in [5, 5.41) is 7.03. The van der Waals surface area contributed by atoms with Crippen molar-refractivity contribution in [2.75, 3.05) is 0 Å². The molecule has 0 aliphatic carbocycles. The molecular formula is C18H13ClF3N3O2. The van der Waals surface area contributed by atoms with Gasteiger partial charge in [-0.25, -0.2) is 0 Å². The Balaban J connectivity index is 1.69. The van der Waals surface area contributed by atoms with Gasteiger partial charge in [-0.1, -0.05) is 16.8 Å². The van der Waals surface area contributed by atoms with E-state index in [9.17, 15) is 18.0 Å². The lowest BCUT2D eigenvalue weighted by Gasteiger charge is -2.11. The Morgan fingerprint density at radius 3 is 2.33 bits per heavy atom. The zero-order valence-electron chi connectivity index (χ0n) is 13.9. The van der Waals surface area contributed by atoms with Crippen molar-refractivity contribution in [3.8, 4) is 11.4 Å². The molecule has 0 radical (unpaired) electrons. The van der Waals surface area contributed by atoms with Gasteiger partial charge in [-0.2, -0.15) is 18.2 Å². The first-order chi connectivity index (χ1) is 12.7. The van der Waals surface area contributed by atoms with Gasteiger partial charge in [0.1, 0.15) is 6.04 Å². The molecule has 1 atom stereocenters. The van der Waals surface area contributed by atoms with E-state index in [2.05, 4.69) is 15.5 Å². The molecule has 1 N–H and O–H groups in total. The molecular weight excluding hydrogens is 383 g/mol. The van der Waals surface area contributed by atoms with Crippen LogP contribution in [0.3, 0.4) is 0 Å². The number of alkyl halides is 3. The molecule has 0 unspecified atom stereocenters. The summed E-state index contributed by atoms with van der Waals surface area (Å²) in [5.74, 6) is -0.0556. The molecule has 2 aromatic carbocycles. The second kappa shape index (κ2) is 7.40. The Hall–Kier alpha value is -2.87. The minimum atomic E-state index is -4.45. The maximum atomic E-state index is 12.6. The van der Waals surface area contributed by atoms with Gasteiger partial charge in [0.2, 0.25) is 11.7 Å². The Kier molecular flexibility index (Phi) is 5.18. The van der Waals surface area contributed by atoms with Crippen molar-refractivity contribution in [1.82, 2.24) is 15.5 Å². The van der Waals surface area contributed by atoms with Crippen LogP contribution in [-0.2, 0) is 6.18 Å². The molecule has 140 valence electrons. The summed E-state index contributed by atoms with van der Waals surface area (Å²) in [6, 6.07) is 10.1. The molecule has 0 saturated heterocycles. The lowest BCUT2D eigenvalue weighted by Crippen LogP contribution is -2.26.